The van der Waals surface area contributed by atoms with Crippen molar-refractivity contribution in [1.82, 2.24) is 15.5 Å². The Morgan fingerprint density at radius 3 is 2.08 bits per heavy atom. The smallest absolute Gasteiger partial charge is 0.408 e. The predicted molar refractivity (Wildman–Crippen MR) is 149 cm³/mol. The van der Waals surface area contributed by atoms with Gasteiger partial charge < -0.3 is 25.6 Å². The standard InChI is InChI=1S/C31H33N3O6/c35-27(28(36)37)18-32-29(38)31(14-16-34(17-15-31)19-21-8-2-1-3-9-21)33-30(39)40-20-26-24-12-6-4-10-22(24)23-11-5-7-13-25(23)26/h1-13,26-27,35H,14-20H2,(H,32,38)(H,33,39)(H,36,37)/t27-/m0/s1. The van der Waals surface area contributed by atoms with Crippen LogP contribution in [0.3, 0.4) is 0 Å². The Morgan fingerprint density at radius 2 is 1.48 bits per heavy atom. The number of amides is 2. The molecule has 4 N–H and O–H groups in total. The van der Waals surface area contributed by atoms with Gasteiger partial charge in [0.25, 0.3) is 0 Å². The number of likely N-dealkylation sites (tertiary alicyclic amines) is 1. The Kier molecular flexibility index (Phi) is 8.14. The molecule has 3 aromatic carbocycles. The highest BCUT2D eigenvalue weighted by Crippen LogP contribution is 2.44. The number of nitrogens with zero attached hydrogens (tertiary/aromatic N) is 1. The molecule has 9 nitrogen and oxygen atoms in total. The molecule has 0 saturated carbocycles. The molecule has 0 unspecified atom stereocenters. The molecule has 3 aromatic rings. The molecular formula is C31H33N3O6. The molecule has 1 aliphatic heterocycles. The summed E-state index contributed by atoms with van der Waals surface area (Å²) in [5, 5.41) is 24.0. The zero-order valence-electron chi connectivity index (χ0n) is 22.1. The van der Waals surface area contributed by atoms with Gasteiger partial charge in [-0.15, -0.1) is 0 Å². The number of hydrogen-bond acceptors (Lipinski definition) is 6. The average Bonchev–Trinajstić information content (AvgIpc) is 3.29. The maximum absolute atomic E-state index is 13.3. The van der Waals surface area contributed by atoms with Crippen molar-refractivity contribution in [3.63, 3.8) is 0 Å². The molecule has 5 rings (SSSR count). The fourth-order valence-corrected chi connectivity index (χ4v) is 5.62. The van der Waals surface area contributed by atoms with Gasteiger partial charge in [-0.2, -0.15) is 0 Å². The van der Waals surface area contributed by atoms with Gasteiger partial charge in [-0.05, 0) is 40.7 Å². The third kappa shape index (κ3) is 5.85. The zero-order chi connectivity index (χ0) is 28.1. The summed E-state index contributed by atoms with van der Waals surface area (Å²) in [4.78, 5) is 39.7. The van der Waals surface area contributed by atoms with Crippen molar-refractivity contribution in [3.05, 3.63) is 95.6 Å². The van der Waals surface area contributed by atoms with E-state index in [1.807, 2.05) is 66.7 Å². The van der Waals surface area contributed by atoms with E-state index in [-0.39, 0.29) is 12.5 Å². The minimum Gasteiger partial charge on any atom is -0.479 e. The highest BCUT2D eigenvalue weighted by molar-refractivity contribution is 5.90. The number of fused-ring (bicyclic) bond motifs is 3. The van der Waals surface area contributed by atoms with Crippen molar-refractivity contribution >= 4 is 18.0 Å². The first-order chi connectivity index (χ1) is 19.4. The first-order valence-corrected chi connectivity index (χ1v) is 13.4. The van der Waals surface area contributed by atoms with Crippen LogP contribution >= 0.6 is 0 Å². The molecule has 2 amide bonds. The summed E-state index contributed by atoms with van der Waals surface area (Å²) in [6.07, 6.45) is -1.85. The number of carboxylic acids is 1. The number of rotatable bonds is 9. The average molecular weight is 544 g/mol. The molecule has 1 atom stereocenters. The maximum Gasteiger partial charge on any atom is 0.408 e. The van der Waals surface area contributed by atoms with Crippen LogP contribution in [-0.4, -0.2) is 71.0 Å². The number of aliphatic hydroxyl groups is 1. The van der Waals surface area contributed by atoms with E-state index in [9.17, 15) is 19.5 Å². The van der Waals surface area contributed by atoms with Gasteiger partial charge in [0.1, 0.15) is 12.1 Å². The molecular weight excluding hydrogens is 510 g/mol. The summed E-state index contributed by atoms with van der Waals surface area (Å²) in [6.45, 7) is 1.42. The minimum absolute atomic E-state index is 0.107. The van der Waals surface area contributed by atoms with Crippen LogP contribution in [0, 0.1) is 0 Å². The fraction of sp³-hybridized carbons (Fsp3) is 0.323. The van der Waals surface area contributed by atoms with E-state index in [0.29, 0.717) is 32.5 Å². The summed E-state index contributed by atoms with van der Waals surface area (Å²) in [5.41, 5.74) is 4.25. The Bertz CT molecular complexity index is 1320. The molecule has 208 valence electrons. The molecule has 0 bridgehead atoms. The number of carboxylic acid groups (broad SMARTS) is 1. The first kappa shape index (κ1) is 27.4. The highest BCUT2D eigenvalue weighted by Gasteiger charge is 2.43. The van der Waals surface area contributed by atoms with Gasteiger partial charge in [-0.1, -0.05) is 78.9 Å². The largest absolute Gasteiger partial charge is 0.479 e. The van der Waals surface area contributed by atoms with Crippen LogP contribution in [0.15, 0.2) is 78.9 Å². The number of hydrogen-bond donors (Lipinski definition) is 4. The lowest BCUT2D eigenvalue weighted by atomic mass is 9.86. The molecule has 0 radical (unpaired) electrons. The summed E-state index contributed by atoms with van der Waals surface area (Å²) in [6, 6.07) is 26.1. The van der Waals surface area contributed by atoms with Crippen molar-refractivity contribution in [3.8, 4) is 11.1 Å². The molecule has 1 heterocycles. The van der Waals surface area contributed by atoms with Crippen LogP contribution < -0.4 is 10.6 Å². The molecule has 1 saturated heterocycles. The summed E-state index contributed by atoms with van der Waals surface area (Å²) < 4.78 is 5.72. The van der Waals surface area contributed by atoms with E-state index >= 15 is 0 Å². The van der Waals surface area contributed by atoms with Crippen LogP contribution in [0.4, 0.5) is 4.79 Å². The van der Waals surface area contributed by atoms with Gasteiger partial charge in [-0.25, -0.2) is 9.59 Å². The van der Waals surface area contributed by atoms with Crippen molar-refractivity contribution in [2.24, 2.45) is 0 Å². The van der Waals surface area contributed by atoms with E-state index in [1.165, 1.54) is 0 Å². The Balaban J connectivity index is 1.27. The number of carbonyl (C=O) groups is 3. The van der Waals surface area contributed by atoms with Crippen molar-refractivity contribution < 1.29 is 29.3 Å². The van der Waals surface area contributed by atoms with Gasteiger partial charge >= 0.3 is 12.1 Å². The summed E-state index contributed by atoms with van der Waals surface area (Å²) in [7, 11) is 0. The zero-order valence-corrected chi connectivity index (χ0v) is 22.1. The summed E-state index contributed by atoms with van der Waals surface area (Å²) >= 11 is 0. The molecule has 0 spiro atoms. The molecule has 40 heavy (non-hydrogen) atoms. The Hall–Kier alpha value is -4.21. The topological polar surface area (TPSA) is 128 Å². The molecule has 1 fully saturated rings. The second-order valence-electron chi connectivity index (χ2n) is 10.4. The van der Waals surface area contributed by atoms with E-state index < -0.39 is 36.2 Å². The van der Waals surface area contributed by atoms with E-state index in [1.54, 1.807) is 0 Å². The number of ether oxygens (including phenoxy) is 1. The van der Waals surface area contributed by atoms with Gasteiger partial charge in [0.15, 0.2) is 6.10 Å². The molecule has 1 aliphatic carbocycles. The van der Waals surface area contributed by atoms with Crippen molar-refractivity contribution in [2.45, 2.75) is 36.9 Å². The molecule has 0 aromatic heterocycles. The van der Waals surface area contributed by atoms with E-state index in [2.05, 4.69) is 27.7 Å². The van der Waals surface area contributed by atoms with Gasteiger partial charge in [0, 0.05) is 25.6 Å². The Labute approximate surface area is 232 Å². The SMILES string of the molecule is O=C(NC1(C(=O)NC[C@H](O)C(=O)O)CCN(Cc2ccccc2)CC1)OCC1c2ccccc2-c2ccccc21. The van der Waals surface area contributed by atoms with Gasteiger partial charge in [0.2, 0.25) is 5.91 Å². The van der Waals surface area contributed by atoms with Gasteiger partial charge in [0.05, 0.1) is 6.54 Å². The quantitative estimate of drug-likeness (QED) is 0.327. The lowest BCUT2D eigenvalue weighted by Crippen LogP contribution is -2.64. The number of aliphatic hydroxyl groups excluding tert-OH is 1. The number of alkyl carbamates (subject to hydrolysis) is 1. The third-order valence-electron chi connectivity index (χ3n) is 7.82. The summed E-state index contributed by atoms with van der Waals surface area (Å²) in [5.74, 6) is -2.10. The first-order valence-electron chi connectivity index (χ1n) is 13.4. The van der Waals surface area contributed by atoms with Crippen LogP contribution in [0.5, 0.6) is 0 Å². The fourth-order valence-electron chi connectivity index (χ4n) is 5.62. The number of aliphatic carboxylic acids is 1. The van der Waals surface area contributed by atoms with E-state index in [0.717, 1.165) is 27.8 Å². The third-order valence-corrected chi connectivity index (χ3v) is 7.82. The lowest BCUT2D eigenvalue weighted by molar-refractivity contribution is -0.146. The normalized spacial score (nSPS) is 16.8. The highest BCUT2D eigenvalue weighted by atomic mass is 16.5. The number of carbonyl (C=O) groups excluding carboxylic acids is 2. The van der Waals surface area contributed by atoms with Crippen LogP contribution in [0.25, 0.3) is 11.1 Å². The van der Waals surface area contributed by atoms with Gasteiger partial charge in [-0.3, -0.25) is 9.69 Å². The number of benzene rings is 3. The number of piperidine rings is 1. The van der Waals surface area contributed by atoms with E-state index in [4.69, 9.17) is 9.84 Å². The maximum atomic E-state index is 13.3. The lowest BCUT2D eigenvalue weighted by Gasteiger charge is -2.41. The van der Waals surface area contributed by atoms with Crippen molar-refractivity contribution in [1.29, 1.82) is 0 Å². The monoisotopic (exact) mass is 543 g/mol. The van der Waals surface area contributed by atoms with Crippen molar-refractivity contribution in [2.75, 3.05) is 26.2 Å². The number of nitrogens with one attached hydrogen (secondary N) is 2. The molecule has 9 heteroatoms. The second-order valence-corrected chi connectivity index (χ2v) is 10.4. The van der Waals surface area contributed by atoms with Crippen LogP contribution in [0.2, 0.25) is 0 Å². The minimum atomic E-state index is -1.74. The second kappa shape index (κ2) is 11.9. The van der Waals surface area contributed by atoms with Crippen LogP contribution in [-0.2, 0) is 20.9 Å². The Morgan fingerprint density at radius 1 is 0.900 bits per heavy atom. The molecule has 2 aliphatic rings. The predicted octanol–water partition coefficient (Wildman–Crippen LogP) is 3.12. The van der Waals surface area contributed by atoms with Crippen LogP contribution in [0.1, 0.15) is 35.4 Å².